The largest absolute Gasteiger partial charge is 0.338 e. The monoisotopic (exact) mass is 624 g/mol. The number of amides is 2. The van der Waals surface area contributed by atoms with Crippen LogP contribution in [0.25, 0.3) is 11.1 Å². The van der Waals surface area contributed by atoms with Gasteiger partial charge in [-0.3, -0.25) is 14.6 Å². The maximum atomic E-state index is 14.9. The van der Waals surface area contributed by atoms with E-state index in [1.165, 1.54) is 35.4 Å². The predicted octanol–water partition coefficient (Wildman–Crippen LogP) is 4.72. The summed E-state index contributed by atoms with van der Waals surface area (Å²) in [7, 11) is -4.00. The molecule has 0 spiro atoms. The number of pyridine rings is 1. The lowest BCUT2D eigenvalue weighted by molar-refractivity contribution is -0.135. The first-order chi connectivity index (χ1) is 20.5. The third-order valence-corrected chi connectivity index (χ3v) is 10.9. The van der Waals surface area contributed by atoms with Gasteiger partial charge in [-0.15, -0.1) is 0 Å². The van der Waals surface area contributed by atoms with Crippen LogP contribution in [0.1, 0.15) is 44.2 Å². The summed E-state index contributed by atoms with van der Waals surface area (Å²) in [5.41, 5.74) is -1.03. The number of hydrogen-bond donors (Lipinski definition) is 1. The molecular formula is C31H27ClF2N4O4S. The number of carbonyl (C=O) groups is 2. The highest BCUT2D eigenvalue weighted by atomic mass is 35.5. The van der Waals surface area contributed by atoms with Gasteiger partial charge in [0, 0.05) is 25.2 Å². The SMILES string of the molecule is N#CC1(NC(=O)CC2CC(S(=O)(=O)c3cccc(-c4ccc(F)cc4)c3)CN2C(=O)C2(c3ncc(Cl)cc3F)CC2)CC1. The first kappa shape index (κ1) is 29.2. The number of carbonyl (C=O) groups excluding carboxylic acids is 2. The number of aromatic nitrogens is 1. The second kappa shape index (κ2) is 10.7. The molecule has 2 atom stereocenters. The van der Waals surface area contributed by atoms with Gasteiger partial charge < -0.3 is 10.2 Å². The Kier molecular flexibility index (Phi) is 7.26. The molecule has 2 aliphatic carbocycles. The molecule has 0 radical (unpaired) electrons. The number of rotatable bonds is 8. The van der Waals surface area contributed by atoms with Crippen molar-refractivity contribution in [2.24, 2.45) is 0 Å². The van der Waals surface area contributed by atoms with E-state index < -0.39 is 55.5 Å². The summed E-state index contributed by atoms with van der Waals surface area (Å²) in [4.78, 5) is 32.6. The Morgan fingerprint density at radius 1 is 1.07 bits per heavy atom. The molecule has 2 amide bonds. The zero-order chi connectivity index (χ0) is 30.6. The van der Waals surface area contributed by atoms with Crippen LogP contribution < -0.4 is 5.32 Å². The number of hydrogen-bond acceptors (Lipinski definition) is 6. The summed E-state index contributed by atoms with van der Waals surface area (Å²) in [5, 5.41) is 11.2. The predicted molar refractivity (Wildman–Crippen MR) is 153 cm³/mol. The molecule has 2 unspecified atom stereocenters. The normalized spacial score (nSPS) is 21.6. The minimum Gasteiger partial charge on any atom is -0.338 e. The highest BCUT2D eigenvalue weighted by Gasteiger charge is 2.58. The summed E-state index contributed by atoms with van der Waals surface area (Å²) in [5.74, 6) is -2.09. The van der Waals surface area contributed by atoms with Crippen LogP contribution in [0.2, 0.25) is 5.02 Å². The zero-order valence-electron chi connectivity index (χ0n) is 22.9. The quantitative estimate of drug-likeness (QED) is 0.387. The summed E-state index contributed by atoms with van der Waals surface area (Å²) >= 11 is 5.88. The van der Waals surface area contributed by atoms with E-state index in [1.54, 1.807) is 24.3 Å². The summed E-state index contributed by atoms with van der Waals surface area (Å²) in [6, 6.07) is 14.4. The average molecular weight is 625 g/mol. The van der Waals surface area contributed by atoms with Crippen LogP contribution in [-0.2, 0) is 24.8 Å². The highest BCUT2D eigenvalue weighted by Crippen LogP contribution is 2.51. The molecule has 8 nitrogen and oxygen atoms in total. The molecule has 6 rings (SSSR count). The van der Waals surface area contributed by atoms with Crippen molar-refractivity contribution in [1.29, 1.82) is 5.26 Å². The van der Waals surface area contributed by atoms with Crippen LogP contribution in [0.5, 0.6) is 0 Å². The van der Waals surface area contributed by atoms with E-state index in [0.717, 1.165) is 6.07 Å². The van der Waals surface area contributed by atoms with Gasteiger partial charge in [0.05, 0.1) is 32.3 Å². The van der Waals surface area contributed by atoms with Gasteiger partial charge in [-0.2, -0.15) is 5.26 Å². The molecule has 3 fully saturated rings. The van der Waals surface area contributed by atoms with E-state index in [9.17, 15) is 32.0 Å². The summed E-state index contributed by atoms with van der Waals surface area (Å²) in [6.45, 7) is -0.194. The van der Waals surface area contributed by atoms with Crippen molar-refractivity contribution in [2.45, 2.75) is 65.7 Å². The van der Waals surface area contributed by atoms with Crippen molar-refractivity contribution >= 4 is 33.3 Å². The zero-order valence-corrected chi connectivity index (χ0v) is 24.5. The maximum absolute atomic E-state index is 14.9. The minimum atomic E-state index is -4.00. The van der Waals surface area contributed by atoms with Crippen LogP contribution in [0.15, 0.2) is 65.7 Å². The average Bonchev–Trinajstić information content (AvgIpc) is 3.90. The first-order valence-corrected chi connectivity index (χ1v) is 15.8. The van der Waals surface area contributed by atoms with Gasteiger partial charge in [-0.05, 0) is 73.6 Å². The number of sulfone groups is 1. The Morgan fingerprint density at radius 2 is 1.79 bits per heavy atom. The number of halogens is 3. The molecule has 3 aliphatic rings. The van der Waals surface area contributed by atoms with Gasteiger partial charge >= 0.3 is 0 Å². The molecule has 2 aromatic carbocycles. The van der Waals surface area contributed by atoms with Crippen LogP contribution in [-0.4, -0.2) is 53.5 Å². The molecule has 1 saturated heterocycles. The first-order valence-electron chi connectivity index (χ1n) is 13.9. The molecule has 1 N–H and O–H groups in total. The molecule has 2 heterocycles. The fourth-order valence-electron chi connectivity index (χ4n) is 5.87. The lowest BCUT2D eigenvalue weighted by atomic mass is 9.98. The smallest absolute Gasteiger partial charge is 0.235 e. The fourth-order valence-corrected chi connectivity index (χ4v) is 7.79. The third kappa shape index (κ3) is 5.50. The van der Waals surface area contributed by atoms with Gasteiger partial charge in [0.15, 0.2) is 9.84 Å². The Labute approximate surface area is 252 Å². The van der Waals surface area contributed by atoms with Gasteiger partial charge in [-0.1, -0.05) is 35.9 Å². The minimum absolute atomic E-state index is 0.0194. The third-order valence-electron chi connectivity index (χ3n) is 8.60. The lowest BCUT2D eigenvalue weighted by Crippen LogP contribution is -2.46. The van der Waals surface area contributed by atoms with E-state index in [4.69, 9.17) is 11.6 Å². The molecule has 3 aromatic rings. The molecule has 12 heteroatoms. The Bertz CT molecular complexity index is 1770. The standard InChI is InChI=1S/C31H27ClF2N4O4S/c32-21-13-26(34)28(36-16-21)31(10-11-31)29(40)38-17-25(14-23(38)15-27(39)37-30(18-35)8-9-30)43(41,42)24-3-1-2-20(12-24)19-4-6-22(33)7-5-19/h1-7,12-13,16,23,25H,8-11,14-15,17H2,(H,37,39). The van der Waals surface area contributed by atoms with Gasteiger partial charge in [-0.25, -0.2) is 17.2 Å². The number of benzene rings is 2. The van der Waals surface area contributed by atoms with E-state index in [2.05, 4.69) is 16.4 Å². The van der Waals surface area contributed by atoms with E-state index >= 15 is 0 Å². The molecular weight excluding hydrogens is 598 g/mol. The molecule has 0 bridgehead atoms. The van der Waals surface area contributed by atoms with E-state index in [1.807, 2.05) is 0 Å². The van der Waals surface area contributed by atoms with Crippen molar-refractivity contribution in [3.63, 3.8) is 0 Å². The van der Waals surface area contributed by atoms with Crippen LogP contribution >= 0.6 is 11.6 Å². The number of nitrogens with zero attached hydrogens (tertiary/aromatic N) is 3. The number of nitriles is 1. The Balaban J connectivity index is 1.30. The second-order valence-electron chi connectivity index (χ2n) is 11.6. The van der Waals surface area contributed by atoms with Crippen LogP contribution in [0.3, 0.4) is 0 Å². The maximum Gasteiger partial charge on any atom is 0.235 e. The van der Waals surface area contributed by atoms with Crippen molar-refractivity contribution < 1.29 is 26.8 Å². The topological polar surface area (TPSA) is 120 Å². The van der Waals surface area contributed by atoms with E-state index in [-0.39, 0.29) is 35.0 Å². The molecule has 1 aliphatic heterocycles. The van der Waals surface area contributed by atoms with Gasteiger partial charge in [0.2, 0.25) is 11.8 Å². The number of nitrogens with one attached hydrogen (secondary N) is 1. The Hall–Kier alpha value is -3.88. The van der Waals surface area contributed by atoms with Crippen molar-refractivity contribution in [2.75, 3.05) is 6.54 Å². The van der Waals surface area contributed by atoms with Crippen LogP contribution in [0.4, 0.5) is 8.78 Å². The summed E-state index contributed by atoms with van der Waals surface area (Å²) in [6.07, 6.45) is 2.73. The van der Waals surface area contributed by atoms with Crippen molar-refractivity contribution in [3.8, 4) is 17.2 Å². The van der Waals surface area contributed by atoms with Gasteiger partial charge in [0.25, 0.3) is 0 Å². The number of likely N-dealkylation sites (tertiary alicyclic amines) is 1. The summed E-state index contributed by atoms with van der Waals surface area (Å²) < 4.78 is 56.3. The fraction of sp³-hybridized carbons (Fsp3) is 0.355. The second-order valence-corrected chi connectivity index (χ2v) is 14.2. The van der Waals surface area contributed by atoms with Crippen molar-refractivity contribution in [1.82, 2.24) is 15.2 Å². The van der Waals surface area contributed by atoms with E-state index in [0.29, 0.717) is 36.8 Å². The lowest BCUT2D eigenvalue weighted by Gasteiger charge is -2.29. The molecule has 43 heavy (non-hydrogen) atoms. The molecule has 222 valence electrons. The molecule has 2 saturated carbocycles. The van der Waals surface area contributed by atoms with Gasteiger partial charge in [0.1, 0.15) is 17.2 Å². The molecule has 1 aromatic heterocycles. The highest BCUT2D eigenvalue weighted by molar-refractivity contribution is 7.92. The Morgan fingerprint density at radius 3 is 2.42 bits per heavy atom. The van der Waals surface area contributed by atoms with Crippen molar-refractivity contribution in [3.05, 3.63) is 83.1 Å². The van der Waals surface area contributed by atoms with Crippen LogP contribution in [0, 0.1) is 23.0 Å².